The van der Waals surface area contributed by atoms with Crippen LogP contribution >= 0.6 is 0 Å². The number of benzene rings is 5. The Morgan fingerprint density at radius 2 is 1.17 bits per heavy atom. The largest absolute Gasteiger partial charge is 0.374 e. The Morgan fingerprint density at radius 1 is 0.500 bits per heavy atom. The first-order valence-electron chi connectivity index (χ1n) is 18.7. The van der Waals surface area contributed by atoms with Crippen molar-refractivity contribution in [1.82, 2.24) is 21.3 Å². The number of rotatable bonds is 6. The molecule has 0 saturated carbocycles. The molecule has 7 heteroatoms. The van der Waals surface area contributed by atoms with E-state index < -0.39 is 0 Å². The molecule has 264 valence electrons. The van der Waals surface area contributed by atoms with E-state index in [4.69, 9.17) is 4.99 Å². The summed E-state index contributed by atoms with van der Waals surface area (Å²) in [5.74, 6) is 0. The fourth-order valence-corrected chi connectivity index (χ4v) is 7.95. The highest BCUT2D eigenvalue weighted by Crippen LogP contribution is 2.34. The number of dihydropyridines is 1. The van der Waals surface area contributed by atoms with Crippen LogP contribution in [0.15, 0.2) is 174 Å². The average molecular weight is 704 g/mol. The van der Waals surface area contributed by atoms with E-state index in [1.165, 1.54) is 39.0 Å². The Balaban J connectivity index is 0.841. The first kappa shape index (κ1) is 32.4. The molecular weight excluding hydrogens is 663 g/mol. The first-order chi connectivity index (χ1) is 26.7. The molecule has 0 aromatic heterocycles. The molecule has 7 nitrogen and oxygen atoms in total. The molecule has 0 radical (unpaired) electrons. The van der Waals surface area contributed by atoms with E-state index in [-0.39, 0.29) is 36.7 Å². The Hall–Kier alpha value is -6.25. The molecule has 0 amide bonds. The fourth-order valence-electron chi connectivity index (χ4n) is 7.95. The second-order valence-electron chi connectivity index (χ2n) is 14.4. The number of hydrogen-bond donors (Lipinski definition) is 6. The van der Waals surface area contributed by atoms with Crippen molar-refractivity contribution in [3.8, 4) is 0 Å². The summed E-state index contributed by atoms with van der Waals surface area (Å²) in [4.78, 5) is 4.81. The third kappa shape index (κ3) is 6.39. The summed E-state index contributed by atoms with van der Waals surface area (Å²) in [6, 6.07) is 45.2. The zero-order valence-corrected chi connectivity index (χ0v) is 29.7. The van der Waals surface area contributed by atoms with Crippen molar-refractivity contribution in [2.75, 3.05) is 10.6 Å². The molecule has 5 aromatic rings. The van der Waals surface area contributed by atoms with Gasteiger partial charge in [0.2, 0.25) is 0 Å². The SMILES string of the molecule is C1=CC2=CC=C(c3ccc4c(c3)NC(C3N=Cc5ccccc5N3)C=C4)NC2C=C1c1ccc(C2NC(c3ccccc3)NC(c3ccccc3)N2)cc1. The number of para-hydroxylation sites is 1. The van der Waals surface area contributed by atoms with Gasteiger partial charge in [-0.15, -0.1) is 0 Å². The second-order valence-corrected chi connectivity index (χ2v) is 14.4. The quantitative estimate of drug-likeness (QED) is 0.107. The van der Waals surface area contributed by atoms with Crippen LogP contribution in [0.1, 0.15) is 57.4 Å². The summed E-state index contributed by atoms with van der Waals surface area (Å²) >= 11 is 0. The molecule has 0 spiro atoms. The predicted molar refractivity (Wildman–Crippen MR) is 221 cm³/mol. The van der Waals surface area contributed by atoms with Crippen molar-refractivity contribution >= 4 is 34.9 Å². The van der Waals surface area contributed by atoms with Gasteiger partial charge in [0, 0.05) is 28.8 Å². The summed E-state index contributed by atoms with van der Waals surface area (Å²) < 4.78 is 0. The normalized spacial score (nSPS) is 25.0. The lowest BCUT2D eigenvalue weighted by atomic mass is 9.90. The van der Waals surface area contributed by atoms with Crippen LogP contribution < -0.4 is 31.9 Å². The van der Waals surface area contributed by atoms with Crippen molar-refractivity contribution in [2.45, 2.75) is 36.7 Å². The summed E-state index contributed by atoms with van der Waals surface area (Å²) in [5.41, 5.74) is 14.0. The van der Waals surface area contributed by atoms with E-state index in [2.05, 4.69) is 196 Å². The van der Waals surface area contributed by atoms with E-state index >= 15 is 0 Å². The van der Waals surface area contributed by atoms with Crippen LogP contribution in [0.4, 0.5) is 11.4 Å². The third-order valence-corrected chi connectivity index (χ3v) is 10.9. The molecular formula is C47H41N7. The van der Waals surface area contributed by atoms with E-state index in [1.54, 1.807) is 0 Å². The van der Waals surface area contributed by atoms with Crippen LogP contribution in [-0.4, -0.2) is 24.5 Å². The zero-order chi connectivity index (χ0) is 35.8. The van der Waals surface area contributed by atoms with E-state index in [0.717, 1.165) is 28.2 Å². The van der Waals surface area contributed by atoms with Crippen LogP contribution in [0.25, 0.3) is 17.3 Å². The minimum absolute atomic E-state index is 0.00109. The maximum atomic E-state index is 4.81. The molecule has 1 fully saturated rings. The van der Waals surface area contributed by atoms with Crippen LogP contribution in [0.2, 0.25) is 0 Å². The number of nitrogens with zero attached hydrogens (tertiary/aromatic N) is 1. The number of allylic oxidation sites excluding steroid dienone is 4. The van der Waals surface area contributed by atoms with Gasteiger partial charge in [-0.2, -0.15) is 0 Å². The van der Waals surface area contributed by atoms with Crippen molar-refractivity contribution in [3.05, 3.63) is 208 Å². The van der Waals surface area contributed by atoms with Gasteiger partial charge in [0.25, 0.3) is 0 Å². The molecule has 5 aromatic carbocycles. The third-order valence-electron chi connectivity index (χ3n) is 10.9. The summed E-state index contributed by atoms with van der Waals surface area (Å²) in [5, 5.41) is 22.5. The van der Waals surface area contributed by atoms with E-state index in [1.807, 2.05) is 12.3 Å². The van der Waals surface area contributed by atoms with Gasteiger partial charge in [-0.05, 0) is 62.7 Å². The van der Waals surface area contributed by atoms with Crippen LogP contribution in [-0.2, 0) is 0 Å². The summed E-state index contributed by atoms with van der Waals surface area (Å²) in [6.45, 7) is 0. The van der Waals surface area contributed by atoms with Crippen molar-refractivity contribution in [2.24, 2.45) is 4.99 Å². The molecule has 54 heavy (non-hydrogen) atoms. The lowest BCUT2D eigenvalue weighted by molar-refractivity contribution is 0.203. The molecule has 4 aliphatic heterocycles. The highest BCUT2D eigenvalue weighted by Gasteiger charge is 2.30. The second kappa shape index (κ2) is 14.0. The number of aliphatic imine (C=N–C) groups is 1. The van der Waals surface area contributed by atoms with Crippen LogP contribution in [0.5, 0.6) is 0 Å². The topological polar surface area (TPSA) is 84.5 Å². The fraction of sp³-hybridized carbons (Fsp3) is 0.128. The summed E-state index contributed by atoms with van der Waals surface area (Å²) in [7, 11) is 0. The lowest BCUT2D eigenvalue weighted by Crippen LogP contribution is -2.54. The molecule has 1 aliphatic carbocycles. The molecule has 5 unspecified atom stereocenters. The molecule has 10 rings (SSSR count). The van der Waals surface area contributed by atoms with Gasteiger partial charge in [0.15, 0.2) is 0 Å². The number of nitrogens with one attached hydrogen (secondary N) is 6. The van der Waals surface area contributed by atoms with E-state index in [9.17, 15) is 0 Å². The molecule has 1 saturated heterocycles. The Bertz CT molecular complexity index is 2330. The maximum absolute atomic E-state index is 4.81. The van der Waals surface area contributed by atoms with Crippen LogP contribution in [0, 0.1) is 0 Å². The molecule has 0 bridgehead atoms. The van der Waals surface area contributed by atoms with Gasteiger partial charge < -0.3 is 16.0 Å². The van der Waals surface area contributed by atoms with Crippen molar-refractivity contribution in [1.29, 1.82) is 0 Å². The Labute approximate surface area is 316 Å². The van der Waals surface area contributed by atoms with Gasteiger partial charge in [-0.1, -0.05) is 152 Å². The maximum Gasteiger partial charge on any atom is 0.142 e. The minimum Gasteiger partial charge on any atom is -0.374 e. The first-order valence-corrected chi connectivity index (χ1v) is 18.7. The van der Waals surface area contributed by atoms with Gasteiger partial charge in [0.1, 0.15) is 6.17 Å². The highest BCUT2D eigenvalue weighted by molar-refractivity contribution is 5.90. The van der Waals surface area contributed by atoms with Gasteiger partial charge in [-0.25, -0.2) is 0 Å². The zero-order valence-electron chi connectivity index (χ0n) is 29.7. The lowest BCUT2D eigenvalue weighted by Gasteiger charge is -2.39. The Morgan fingerprint density at radius 3 is 1.91 bits per heavy atom. The number of fused-ring (bicyclic) bond motifs is 3. The Kier molecular flexibility index (Phi) is 8.37. The van der Waals surface area contributed by atoms with Crippen LogP contribution in [0.3, 0.4) is 0 Å². The van der Waals surface area contributed by atoms with Crippen molar-refractivity contribution < 1.29 is 0 Å². The number of anilines is 2. The smallest absolute Gasteiger partial charge is 0.142 e. The van der Waals surface area contributed by atoms with E-state index in [0.29, 0.717) is 0 Å². The standard InChI is InChI=1S/C47H41N7/c1-3-9-33(10-4-1)44-52-45(34-11-5-2-6-12-34)54-46(53-44)35-19-15-30(16-20-35)36-21-17-31-23-25-40(49-42(31)27-36)37-22-18-32-24-26-41(50-43(32)28-37)47-48-29-38-13-7-8-14-39(38)51-47/h1-29,41-42,44-47,49-54H. The molecule has 5 atom stereocenters. The van der Waals surface area contributed by atoms with Gasteiger partial charge in [-0.3, -0.25) is 20.9 Å². The number of hydrogen-bond acceptors (Lipinski definition) is 7. The predicted octanol–water partition coefficient (Wildman–Crippen LogP) is 8.44. The molecule has 4 heterocycles. The van der Waals surface area contributed by atoms with Gasteiger partial charge >= 0.3 is 0 Å². The van der Waals surface area contributed by atoms with Crippen molar-refractivity contribution in [3.63, 3.8) is 0 Å². The molecule has 5 aliphatic rings. The van der Waals surface area contributed by atoms with Gasteiger partial charge in [0.05, 0.1) is 30.6 Å². The minimum atomic E-state index is -0.0817. The molecule has 6 N–H and O–H groups in total. The monoisotopic (exact) mass is 703 g/mol. The highest BCUT2D eigenvalue weighted by atomic mass is 15.4. The average Bonchev–Trinajstić information content (AvgIpc) is 3.26. The summed E-state index contributed by atoms with van der Waals surface area (Å²) in [6.07, 6.45) is 17.5.